The van der Waals surface area contributed by atoms with Crippen LogP contribution in [0.25, 0.3) is 0 Å². The zero-order valence-corrected chi connectivity index (χ0v) is 10.5. The van der Waals surface area contributed by atoms with Crippen LogP contribution >= 0.6 is 11.6 Å². The first-order valence-corrected chi connectivity index (χ1v) is 6.29. The fraction of sp³-hybridized carbons (Fsp3) is 0.583. The molecule has 0 spiro atoms. The maximum atomic E-state index is 9.49. The van der Waals surface area contributed by atoms with Crippen molar-refractivity contribution in [3.63, 3.8) is 0 Å². The Labute approximate surface area is 106 Å². The molecule has 0 radical (unpaired) electrons. The van der Waals surface area contributed by atoms with Crippen molar-refractivity contribution < 1.29 is 5.11 Å². The second-order valence-electron chi connectivity index (χ2n) is 4.83. The molecule has 4 nitrogen and oxygen atoms in total. The van der Waals surface area contributed by atoms with Crippen LogP contribution in [0, 0.1) is 5.41 Å². The molecule has 0 unspecified atom stereocenters. The number of nitrogen functional groups attached to an aromatic ring is 1. The Morgan fingerprint density at radius 1 is 1.41 bits per heavy atom. The number of hydrogen-bond acceptors (Lipinski definition) is 4. The largest absolute Gasteiger partial charge is 0.399 e. The molecule has 1 saturated carbocycles. The summed E-state index contributed by atoms with van der Waals surface area (Å²) in [6.45, 7) is 0.937. The third kappa shape index (κ3) is 3.01. The molecule has 4 N–H and O–H groups in total. The van der Waals surface area contributed by atoms with Gasteiger partial charge in [0, 0.05) is 23.7 Å². The SMILES string of the molecule is Nc1cc(Cl)nc(NCC2(CO)CCCC2)c1. The van der Waals surface area contributed by atoms with Crippen LogP contribution in [0.15, 0.2) is 12.1 Å². The van der Waals surface area contributed by atoms with Crippen LogP contribution < -0.4 is 11.1 Å². The predicted octanol–water partition coefficient (Wildman–Crippen LogP) is 2.28. The zero-order valence-electron chi connectivity index (χ0n) is 9.75. The maximum absolute atomic E-state index is 9.49. The number of aliphatic hydroxyl groups excluding tert-OH is 1. The molecule has 0 aromatic carbocycles. The Morgan fingerprint density at radius 3 is 2.71 bits per heavy atom. The van der Waals surface area contributed by atoms with Gasteiger partial charge in [-0.25, -0.2) is 4.98 Å². The number of rotatable bonds is 4. The van der Waals surface area contributed by atoms with E-state index in [1.165, 1.54) is 12.8 Å². The summed E-state index contributed by atoms with van der Waals surface area (Å²) in [4.78, 5) is 4.15. The summed E-state index contributed by atoms with van der Waals surface area (Å²) in [7, 11) is 0. The molecule has 1 fully saturated rings. The molecule has 0 atom stereocenters. The van der Waals surface area contributed by atoms with E-state index in [4.69, 9.17) is 17.3 Å². The highest BCUT2D eigenvalue weighted by atomic mass is 35.5. The Morgan fingerprint density at radius 2 is 2.12 bits per heavy atom. The molecular formula is C12H18ClN3O. The van der Waals surface area contributed by atoms with Crippen molar-refractivity contribution >= 4 is 23.1 Å². The number of pyridine rings is 1. The van der Waals surface area contributed by atoms with Crippen LogP contribution in [-0.4, -0.2) is 23.2 Å². The third-order valence-electron chi connectivity index (χ3n) is 3.46. The summed E-state index contributed by atoms with van der Waals surface area (Å²) in [6, 6.07) is 3.37. The summed E-state index contributed by atoms with van der Waals surface area (Å²) in [6.07, 6.45) is 4.50. The Balaban J connectivity index is 2.01. The van der Waals surface area contributed by atoms with Crippen molar-refractivity contribution in [1.82, 2.24) is 4.98 Å². The lowest BCUT2D eigenvalue weighted by atomic mass is 9.87. The molecule has 1 aliphatic rings. The molecule has 5 heteroatoms. The smallest absolute Gasteiger partial charge is 0.133 e. The Hall–Kier alpha value is -1.00. The fourth-order valence-corrected chi connectivity index (χ4v) is 2.62. The molecule has 2 rings (SSSR count). The summed E-state index contributed by atoms with van der Waals surface area (Å²) in [5.41, 5.74) is 6.29. The first-order valence-electron chi connectivity index (χ1n) is 5.91. The van der Waals surface area contributed by atoms with Gasteiger partial charge in [-0.3, -0.25) is 0 Å². The molecule has 0 amide bonds. The van der Waals surface area contributed by atoms with Gasteiger partial charge in [0.1, 0.15) is 11.0 Å². The number of aromatic nitrogens is 1. The van der Waals surface area contributed by atoms with E-state index < -0.39 is 0 Å². The highest BCUT2D eigenvalue weighted by Crippen LogP contribution is 2.37. The van der Waals surface area contributed by atoms with E-state index in [2.05, 4.69) is 10.3 Å². The van der Waals surface area contributed by atoms with E-state index in [1.807, 2.05) is 0 Å². The van der Waals surface area contributed by atoms with Gasteiger partial charge >= 0.3 is 0 Å². The van der Waals surface area contributed by atoms with Gasteiger partial charge in [0.15, 0.2) is 0 Å². The van der Waals surface area contributed by atoms with Gasteiger partial charge in [0.05, 0.1) is 6.61 Å². The van der Waals surface area contributed by atoms with Gasteiger partial charge in [-0.1, -0.05) is 24.4 Å². The number of hydrogen-bond donors (Lipinski definition) is 3. The minimum Gasteiger partial charge on any atom is -0.399 e. The van der Waals surface area contributed by atoms with Crippen molar-refractivity contribution in [2.75, 3.05) is 24.2 Å². The molecule has 1 aliphatic carbocycles. The number of anilines is 2. The molecule has 0 bridgehead atoms. The lowest BCUT2D eigenvalue weighted by molar-refractivity contribution is 0.142. The summed E-state index contributed by atoms with van der Waals surface area (Å²) in [5.74, 6) is 0.676. The van der Waals surface area contributed by atoms with Crippen LogP contribution in [0.2, 0.25) is 5.15 Å². The Bertz CT molecular complexity index is 371. The first-order chi connectivity index (χ1) is 8.13. The van der Waals surface area contributed by atoms with E-state index in [-0.39, 0.29) is 12.0 Å². The van der Waals surface area contributed by atoms with Crippen molar-refractivity contribution in [3.8, 4) is 0 Å². The first kappa shape index (κ1) is 12.5. The summed E-state index contributed by atoms with van der Waals surface area (Å²) in [5, 5.41) is 13.1. The normalized spacial score (nSPS) is 18.2. The topological polar surface area (TPSA) is 71.2 Å². The number of nitrogens with one attached hydrogen (secondary N) is 1. The summed E-state index contributed by atoms with van der Waals surface area (Å²) < 4.78 is 0. The van der Waals surface area contributed by atoms with E-state index in [0.29, 0.717) is 16.7 Å². The highest BCUT2D eigenvalue weighted by Gasteiger charge is 2.32. The lowest BCUT2D eigenvalue weighted by Gasteiger charge is -2.26. The maximum Gasteiger partial charge on any atom is 0.133 e. The molecule has 1 heterocycles. The molecule has 1 aromatic rings. The van der Waals surface area contributed by atoms with Crippen molar-refractivity contribution in [2.24, 2.45) is 5.41 Å². The average molecular weight is 256 g/mol. The number of nitrogens with two attached hydrogens (primary N) is 1. The van der Waals surface area contributed by atoms with Crippen molar-refractivity contribution in [1.29, 1.82) is 0 Å². The van der Waals surface area contributed by atoms with Crippen LogP contribution in [-0.2, 0) is 0 Å². The molecular weight excluding hydrogens is 238 g/mol. The summed E-state index contributed by atoms with van der Waals surface area (Å²) >= 11 is 5.83. The van der Waals surface area contributed by atoms with Crippen LogP contribution in [0.4, 0.5) is 11.5 Å². The molecule has 0 aliphatic heterocycles. The van der Waals surface area contributed by atoms with Gasteiger partial charge in [-0.05, 0) is 18.9 Å². The minimum atomic E-state index is -0.00123. The van der Waals surface area contributed by atoms with E-state index in [1.54, 1.807) is 12.1 Å². The van der Waals surface area contributed by atoms with Gasteiger partial charge in [0.2, 0.25) is 0 Å². The monoisotopic (exact) mass is 255 g/mol. The van der Waals surface area contributed by atoms with Crippen LogP contribution in [0.5, 0.6) is 0 Å². The van der Waals surface area contributed by atoms with E-state index >= 15 is 0 Å². The highest BCUT2D eigenvalue weighted by molar-refractivity contribution is 6.29. The van der Waals surface area contributed by atoms with Gasteiger partial charge < -0.3 is 16.2 Å². The zero-order chi connectivity index (χ0) is 12.3. The van der Waals surface area contributed by atoms with Crippen molar-refractivity contribution in [2.45, 2.75) is 25.7 Å². The van der Waals surface area contributed by atoms with Crippen molar-refractivity contribution in [3.05, 3.63) is 17.3 Å². The predicted molar refractivity (Wildman–Crippen MR) is 70.1 cm³/mol. The second kappa shape index (κ2) is 5.10. The quantitative estimate of drug-likeness (QED) is 0.722. The van der Waals surface area contributed by atoms with Gasteiger partial charge in [0.25, 0.3) is 0 Å². The molecule has 17 heavy (non-hydrogen) atoms. The van der Waals surface area contributed by atoms with Gasteiger partial charge in [-0.15, -0.1) is 0 Å². The van der Waals surface area contributed by atoms with Crippen LogP contribution in [0.1, 0.15) is 25.7 Å². The number of aliphatic hydroxyl groups is 1. The molecule has 0 saturated heterocycles. The fourth-order valence-electron chi connectivity index (χ4n) is 2.40. The van der Waals surface area contributed by atoms with E-state index in [0.717, 1.165) is 19.4 Å². The van der Waals surface area contributed by atoms with Gasteiger partial charge in [-0.2, -0.15) is 0 Å². The number of nitrogens with zero attached hydrogens (tertiary/aromatic N) is 1. The molecule has 1 aromatic heterocycles. The number of halogens is 1. The third-order valence-corrected chi connectivity index (χ3v) is 3.65. The lowest BCUT2D eigenvalue weighted by Crippen LogP contribution is -2.30. The standard InChI is InChI=1S/C12H18ClN3O/c13-10-5-9(14)6-11(16-10)15-7-12(8-17)3-1-2-4-12/h5-6,17H,1-4,7-8H2,(H3,14,15,16). The molecule has 94 valence electrons. The van der Waals surface area contributed by atoms with Crippen LogP contribution in [0.3, 0.4) is 0 Å². The van der Waals surface area contributed by atoms with E-state index in [9.17, 15) is 5.11 Å². The minimum absolute atomic E-state index is 0.00123. The second-order valence-corrected chi connectivity index (χ2v) is 5.21. The Kier molecular flexibility index (Phi) is 3.74. The average Bonchev–Trinajstić information content (AvgIpc) is 2.74.